The van der Waals surface area contributed by atoms with Gasteiger partial charge in [0, 0.05) is 17.8 Å². The van der Waals surface area contributed by atoms with E-state index in [1.165, 1.54) is 11.1 Å². The predicted octanol–water partition coefficient (Wildman–Crippen LogP) is 5.05. The molecule has 0 saturated heterocycles. The zero-order valence-corrected chi connectivity index (χ0v) is 15.1. The van der Waals surface area contributed by atoms with E-state index in [-0.39, 0.29) is 0 Å². The largest absolute Gasteiger partial charge is 0.493 e. The fourth-order valence-corrected chi connectivity index (χ4v) is 2.77. The Balaban J connectivity index is 2.28. The highest BCUT2D eigenvalue weighted by Gasteiger charge is 2.12. The summed E-state index contributed by atoms with van der Waals surface area (Å²) in [6, 6.07) is 10.5. The van der Waals surface area contributed by atoms with Gasteiger partial charge in [-0.05, 0) is 62.1 Å². The molecule has 2 aromatic carbocycles. The molecule has 3 nitrogen and oxygen atoms in total. The number of hydrogen-bond acceptors (Lipinski definition) is 3. The monoisotopic (exact) mass is 325 g/mol. The Bertz CT molecular complexity index is 707. The van der Waals surface area contributed by atoms with E-state index >= 15 is 0 Å². The lowest BCUT2D eigenvalue weighted by molar-refractivity contribution is 0.309. The van der Waals surface area contributed by atoms with Crippen LogP contribution in [0.1, 0.15) is 29.2 Å². The molecular weight excluding hydrogens is 298 g/mol. The van der Waals surface area contributed by atoms with Crippen LogP contribution in [0.25, 0.3) is 0 Å². The van der Waals surface area contributed by atoms with Crippen LogP contribution in [0.3, 0.4) is 0 Å². The Morgan fingerprint density at radius 2 is 2.00 bits per heavy atom. The number of hydrogen-bond donors (Lipinski definition) is 1. The van der Waals surface area contributed by atoms with Gasteiger partial charge in [-0.3, -0.25) is 0 Å². The maximum Gasteiger partial charge on any atom is 0.164 e. The molecule has 2 aromatic rings. The Hall–Kier alpha value is -2.42. The molecule has 0 aromatic heterocycles. The lowest BCUT2D eigenvalue weighted by Gasteiger charge is -2.17. The van der Waals surface area contributed by atoms with Gasteiger partial charge in [0.05, 0.1) is 13.7 Å². The highest BCUT2D eigenvalue weighted by Crippen LogP contribution is 2.34. The van der Waals surface area contributed by atoms with Crippen molar-refractivity contribution in [3.05, 3.63) is 65.2 Å². The molecule has 0 heterocycles. The summed E-state index contributed by atoms with van der Waals surface area (Å²) >= 11 is 0. The average Bonchev–Trinajstić information content (AvgIpc) is 2.57. The average molecular weight is 325 g/mol. The molecule has 0 aliphatic rings. The van der Waals surface area contributed by atoms with Crippen LogP contribution in [-0.2, 0) is 13.0 Å². The van der Waals surface area contributed by atoms with Gasteiger partial charge in [0.2, 0.25) is 0 Å². The second kappa shape index (κ2) is 8.44. The number of anilines is 1. The smallest absolute Gasteiger partial charge is 0.164 e. The van der Waals surface area contributed by atoms with Crippen LogP contribution >= 0.6 is 0 Å². The van der Waals surface area contributed by atoms with Gasteiger partial charge in [0.1, 0.15) is 0 Å². The van der Waals surface area contributed by atoms with Gasteiger partial charge < -0.3 is 14.8 Å². The molecular formula is C21H27NO2. The van der Waals surface area contributed by atoms with Crippen LogP contribution in [0.4, 0.5) is 5.69 Å². The van der Waals surface area contributed by atoms with Crippen molar-refractivity contribution in [2.24, 2.45) is 0 Å². The summed E-state index contributed by atoms with van der Waals surface area (Å²) < 4.78 is 11.3. The van der Waals surface area contributed by atoms with Crippen molar-refractivity contribution in [3.8, 4) is 11.5 Å². The number of nitrogens with one attached hydrogen (secondary N) is 1. The van der Waals surface area contributed by atoms with E-state index in [2.05, 4.69) is 50.0 Å². The molecule has 0 unspecified atom stereocenters. The molecule has 0 amide bonds. The minimum Gasteiger partial charge on any atom is -0.493 e. The molecule has 128 valence electrons. The highest BCUT2D eigenvalue weighted by atomic mass is 16.5. The first-order valence-electron chi connectivity index (χ1n) is 8.34. The molecule has 24 heavy (non-hydrogen) atoms. The molecule has 0 saturated carbocycles. The van der Waals surface area contributed by atoms with Crippen molar-refractivity contribution in [1.82, 2.24) is 0 Å². The lowest BCUT2D eigenvalue weighted by Crippen LogP contribution is -2.05. The van der Waals surface area contributed by atoms with Gasteiger partial charge in [-0.1, -0.05) is 18.2 Å². The number of aryl methyl sites for hydroxylation is 1. The maximum atomic E-state index is 5.76. The summed E-state index contributed by atoms with van der Waals surface area (Å²) in [7, 11) is 1.68. The van der Waals surface area contributed by atoms with Gasteiger partial charge >= 0.3 is 0 Å². The van der Waals surface area contributed by atoms with Crippen LogP contribution in [-0.4, -0.2) is 13.7 Å². The van der Waals surface area contributed by atoms with E-state index in [9.17, 15) is 0 Å². The maximum absolute atomic E-state index is 5.76. The van der Waals surface area contributed by atoms with Crippen molar-refractivity contribution in [2.75, 3.05) is 19.0 Å². The SMILES string of the molecule is C=CCc1cc(CNc2cccc(C)c2C)cc(OCC)c1OC. The quantitative estimate of drug-likeness (QED) is 0.689. The molecule has 1 N–H and O–H groups in total. The van der Waals surface area contributed by atoms with E-state index < -0.39 is 0 Å². The zero-order valence-electron chi connectivity index (χ0n) is 15.1. The number of methoxy groups -OCH3 is 1. The second-order valence-corrected chi connectivity index (χ2v) is 5.81. The van der Waals surface area contributed by atoms with Crippen LogP contribution in [0, 0.1) is 13.8 Å². The van der Waals surface area contributed by atoms with E-state index in [1.807, 2.05) is 19.1 Å². The summed E-state index contributed by atoms with van der Waals surface area (Å²) in [6.07, 6.45) is 2.63. The second-order valence-electron chi connectivity index (χ2n) is 5.81. The summed E-state index contributed by atoms with van der Waals surface area (Å²) in [5.74, 6) is 1.59. The molecule has 0 spiro atoms. The van der Waals surface area contributed by atoms with E-state index in [4.69, 9.17) is 9.47 Å². The van der Waals surface area contributed by atoms with E-state index in [0.717, 1.165) is 41.3 Å². The zero-order chi connectivity index (χ0) is 17.5. The molecule has 3 heteroatoms. The predicted molar refractivity (Wildman–Crippen MR) is 101 cm³/mol. The Morgan fingerprint density at radius 1 is 1.21 bits per heavy atom. The molecule has 0 atom stereocenters. The van der Waals surface area contributed by atoms with E-state index in [1.54, 1.807) is 7.11 Å². The number of benzene rings is 2. The topological polar surface area (TPSA) is 30.5 Å². The van der Waals surface area contributed by atoms with Gasteiger partial charge in [0.15, 0.2) is 11.5 Å². The number of rotatable bonds is 8. The summed E-state index contributed by atoms with van der Waals surface area (Å²) in [6.45, 7) is 11.4. The first-order chi connectivity index (χ1) is 11.6. The van der Waals surface area contributed by atoms with Crippen molar-refractivity contribution < 1.29 is 9.47 Å². The van der Waals surface area contributed by atoms with Gasteiger partial charge in [-0.2, -0.15) is 0 Å². The van der Waals surface area contributed by atoms with Crippen molar-refractivity contribution >= 4 is 5.69 Å². The third kappa shape index (κ3) is 4.10. The van der Waals surface area contributed by atoms with Crippen molar-refractivity contribution in [1.29, 1.82) is 0 Å². The molecule has 2 rings (SSSR count). The van der Waals surface area contributed by atoms with Crippen LogP contribution in [0.15, 0.2) is 43.0 Å². The lowest BCUT2D eigenvalue weighted by atomic mass is 10.0. The summed E-state index contributed by atoms with van der Waals surface area (Å²) in [5.41, 5.74) is 5.99. The minimum absolute atomic E-state index is 0.609. The first kappa shape index (κ1) is 17.9. The third-order valence-electron chi connectivity index (χ3n) is 4.15. The van der Waals surface area contributed by atoms with Gasteiger partial charge in [-0.15, -0.1) is 6.58 Å². The van der Waals surface area contributed by atoms with E-state index in [0.29, 0.717) is 6.61 Å². The molecule has 0 aliphatic heterocycles. The van der Waals surface area contributed by atoms with Crippen molar-refractivity contribution in [3.63, 3.8) is 0 Å². The van der Waals surface area contributed by atoms with Gasteiger partial charge in [-0.25, -0.2) is 0 Å². The summed E-state index contributed by atoms with van der Waals surface area (Å²) in [5, 5.41) is 3.52. The van der Waals surface area contributed by atoms with Crippen LogP contribution in [0.5, 0.6) is 11.5 Å². The normalized spacial score (nSPS) is 10.3. The standard InChI is InChI=1S/C21H27NO2/c1-6-9-18-12-17(13-20(24-7-2)21(18)23-5)14-22-19-11-8-10-15(3)16(19)4/h6,8,10-13,22H,1,7,9,14H2,2-5H3. The first-order valence-corrected chi connectivity index (χ1v) is 8.34. The Morgan fingerprint density at radius 3 is 2.67 bits per heavy atom. The van der Waals surface area contributed by atoms with Crippen LogP contribution in [0.2, 0.25) is 0 Å². The summed E-state index contributed by atoms with van der Waals surface area (Å²) in [4.78, 5) is 0. The molecule has 0 radical (unpaired) electrons. The fourth-order valence-electron chi connectivity index (χ4n) is 2.77. The third-order valence-corrected chi connectivity index (χ3v) is 4.15. The molecule has 0 aliphatic carbocycles. The Kier molecular flexibility index (Phi) is 6.30. The number of allylic oxidation sites excluding steroid dienone is 1. The highest BCUT2D eigenvalue weighted by molar-refractivity contribution is 5.55. The fraction of sp³-hybridized carbons (Fsp3) is 0.333. The minimum atomic E-state index is 0.609. The molecule has 0 bridgehead atoms. The Labute approximate surface area is 145 Å². The van der Waals surface area contributed by atoms with Crippen LogP contribution < -0.4 is 14.8 Å². The number of ether oxygens (including phenoxy) is 2. The molecule has 0 fully saturated rings. The van der Waals surface area contributed by atoms with Gasteiger partial charge in [0.25, 0.3) is 0 Å². The van der Waals surface area contributed by atoms with Crippen molar-refractivity contribution in [2.45, 2.75) is 33.7 Å².